The van der Waals surface area contributed by atoms with Crippen LogP contribution in [0.25, 0.3) is 0 Å². The zero-order valence-corrected chi connectivity index (χ0v) is 11.4. The molecule has 4 N–H and O–H groups in total. The van der Waals surface area contributed by atoms with Gasteiger partial charge in [0, 0.05) is 5.92 Å². The van der Waals surface area contributed by atoms with E-state index in [1.54, 1.807) is 0 Å². The van der Waals surface area contributed by atoms with Crippen LogP contribution in [0.3, 0.4) is 0 Å². The molecular formula is C13H25N3O2. The van der Waals surface area contributed by atoms with Crippen LogP contribution < -0.4 is 11.1 Å². The van der Waals surface area contributed by atoms with Crippen molar-refractivity contribution < 1.29 is 10.0 Å². The number of carbonyl (C=O) groups excluding carboxylic acids is 1. The van der Waals surface area contributed by atoms with Gasteiger partial charge in [-0.05, 0) is 19.3 Å². The predicted molar refractivity (Wildman–Crippen MR) is 71.4 cm³/mol. The first-order valence-corrected chi connectivity index (χ1v) is 6.85. The Labute approximate surface area is 109 Å². The van der Waals surface area contributed by atoms with Gasteiger partial charge in [0.15, 0.2) is 5.84 Å². The molecule has 0 aromatic heterocycles. The maximum atomic E-state index is 12.1. The number of amidine groups is 1. The lowest BCUT2D eigenvalue weighted by Gasteiger charge is -2.37. The van der Waals surface area contributed by atoms with E-state index < -0.39 is 5.54 Å². The molecule has 5 nitrogen and oxygen atoms in total. The zero-order chi connectivity index (χ0) is 13.6. The van der Waals surface area contributed by atoms with Crippen molar-refractivity contribution in [1.82, 2.24) is 5.32 Å². The minimum absolute atomic E-state index is 0.00495. The molecule has 0 aromatic carbocycles. The van der Waals surface area contributed by atoms with Crippen LogP contribution in [0.15, 0.2) is 5.16 Å². The SMILES string of the molecule is CCCC(C)C(=O)NC1(/C(N)=N/O)CCCCC1. The fourth-order valence-electron chi connectivity index (χ4n) is 2.62. The van der Waals surface area contributed by atoms with Gasteiger partial charge in [-0.15, -0.1) is 0 Å². The van der Waals surface area contributed by atoms with Gasteiger partial charge in [-0.1, -0.05) is 44.7 Å². The van der Waals surface area contributed by atoms with Crippen LogP contribution in [0, 0.1) is 5.92 Å². The standard InChI is InChI=1S/C13H25N3O2/c1-3-7-10(2)11(17)15-13(12(14)16-18)8-5-4-6-9-13/h10,18H,3-9H2,1-2H3,(H2,14,16)(H,15,17). The van der Waals surface area contributed by atoms with Crippen LogP contribution >= 0.6 is 0 Å². The molecule has 1 aliphatic carbocycles. The minimum Gasteiger partial charge on any atom is -0.409 e. The van der Waals surface area contributed by atoms with Gasteiger partial charge in [0.2, 0.25) is 5.91 Å². The number of amides is 1. The van der Waals surface area contributed by atoms with Gasteiger partial charge in [0.1, 0.15) is 5.54 Å². The largest absolute Gasteiger partial charge is 0.409 e. The molecule has 1 rings (SSSR count). The molecule has 0 aliphatic heterocycles. The summed E-state index contributed by atoms with van der Waals surface area (Å²) in [5.74, 6) is 0.116. The summed E-state index contributed by atoms with van der Waals surface area (Å²) in [6, 6.07) is 0. The van der Waals surface area contributed by atoms with Gasteiger partial charge in [-0.3, -0.25) is 4.79 Å². The Hall–Kier alpha value is -1.26. The van der Waals surface area contributed by atoms with Crippen molar-refractivity contribution >= 4 is 11.7 Å². The topological polar surface area (TPSA) is 87.7 Å². The zero-order valence-electron chi connectivity index (χ0n) is 11.4. The minimum atomic E-state index is -0.633. The quantitative estimate of drug-likeness (QED) is 0.304. The molecular weight excluding hydrogens is 230 g/mol. The molecule has 0 aromatic rings. The number of nitrogens with zero attached hydrogens (tertiary/aromatic N) is 1. The average Bonchev–Trinajstić information content (AvgIpc) is 2.39. The van der Waals surface area contributed by atoms with Gasteiger partial charge in [0.05, 0.1) is 0 Å². The van der Waals surface area contributed by atoms with E-state index in [0.717, 1.165) is 44.9 Å². The molecule has 1 atom stereocenters. The summed E-state index contributed by atoms with van der Waals surface area (Å²) >= 11 is 0. The second kappa shape index (κ2) is 6.61. The summed E-state index contributed by atoms with van der Waals surface area (Å²) < 4.78 is 0. The molecule has 1 fully saturated rings. The lowest BCUT2D eigenvalue weighted by molar-refractivity contribution is -0.126. The van der Waals surface area contributed by atoms with Crippen LogP contribution in [0.1, 0.15) is 58.8 Å². The number of hydrogen-bond donors (Lipinski definition) is 3. The van der Waals surface area contributed by atoms with Crippen molar-refractivity contribution in [2.24, 2.45) is 16.8 Å². The average molecular weight is 255 g/mol. The van der Waals surface area contributed by atoms with Crippen molar-refractivity contribution in [2.75, 3.05) is 0 Å². The van der Waals surface area contributed by atoms with E-state index in [2.05, 4.69) is 17.4 Å². The number of nitrogens with two attached hydrogens (primary N) is 1. The molecule has 0 radical (unpaired) electrons. The predicted octanol–water partition coefficient (Wildman–Crippen LogP) is 1.99. The Morgan fingerprint density at radius 1 is 1.44 bits per heavy atom. The molecule has 0 bridgehead atoms. The van der Waals surface area contributed by atoms with Crippen molar-refractivity contribution in [1.29, 1.82) is 0 Å². The Morgan fingerprint density at radius 3 is 2.56 bits per heavy atom. The van der Waals surface area contributed by atoms with Crippen LogP contribution in [-0.2, 0) is 4.79 Å². The van der Waals surface area contributed by atoms with Gasteiger partial charge in [-0.25, -0.2) is 0 Å². The lowest BCUT2D eigenvalue weighted by Crippen LogP contribution is -2.59. The summed E-state index contributed by atoms with van der Waals surface area (Å²) in [6.45, 7) is 3.98. The smallest absolute Gasteiger partial charge is 0.223 e. The van der Waals surface area contributed by atoms with Crippen LogP contribution in [0.5, 0.6) is 0 Å². The van der Waals surface area contributed by atoms with Crippen LogP contribution in [0.4, 0.5) is 0 Å². The highest BCUT2D eigenvalue weighted by Crippen LogP contribution is 2.29. The third kappa shape index (κ3) is 3.37. The molecule has 0 saturated heterocycles. The van der Waals surface area contributed by atoms with E-state index in [0.29, 0.717) is 0 Å². The molecule has 1 unspecified atom stereocenters. The van der Waals surface area contributed by atoms with E-state index in [1.165, 1.54) is 0 Å². The summed E-state index contributed by atoms with van der Waals surface area (Å²) in [6.07, 6.45) is 6.49. The normalized spacial score (nSPS) is 21.3. The van der Waals surface area contributed by atoms with Crippen molar-refractivity contribution in [3.05, 3.63) is 0 Å². The first-order chi connectivity index (χ1) is 8.55. The highest BCUT2D eigenvalue weighted by atomic mass is 16.4. The number of rotatable bonds is 5. The maximum absolute atomic E-state index is 12.1. The molecule has 1 aliphatic rings. The lowest BCUT2D eigenvalue weighted by atomic mass is 9.80. The molecule has 1 saturated carbocycles. The van der Waals surface area contributed by atoms with Crippen molar-refractivity contribution in [3.8, 4) is 0 Å². The second-order valence-electron chi connectivity index (χ2n) is 5.31. The second-order valence-corrected chi connectivity index (χ2v) is 5.31. The Bertz CT molecular complexity index is 309. The van der Waals surface area contributed by atoms with Crippen molar-refractivity contribution in [2.45, 2.75) is 64.3 Å². The number of oxime groups is 1. The van der Waals surface area contributed by atoms with E-state index in [-0.39, 0.29) is 17.7 Å². The summed E-state index contributed by atoms with van der Waals surface area (Å²) in [5, 5.41) is 15.1. The maximum Gasteiger partial charge on any atom is 0.223 e. The number of hydrogen-bond acceptors (Lipinski definition) is 3. The van der Waals surface area contributed by atoms with Crippen LogP contribution in [-0.4, -0.2) is 22.5 Å². The third-order valence-electron chi connectivity index (χ3n) is 3.84. The first kappa shape index (κ1) is 14.8. The number of nitrogens with one attached hydrogen (secondary N) is 1. The van der Waals surface area contributed by atoms with Crippen molar-refractivity contribution in [3.63, 3.8) is 0 Å². The molecule has 0 heterocycles. The molecule has 0 spiro atoms. The van der Waals surface area contributed by atoms with E-state index in [9.17, 15) is 4.79 Å². The fraction of sp³-hybridized carbons (Fsp3) is 0.846. The monoisotopic (exact) mass is 255 g/mol. The number of carbonyl (C=O) groups is 1. The van der Waals surface area contributed by atoms with E-state index >= 15 is 0 Å². The molecule has 18 heavy (non-hydrogen) atoms. The van der Waals surface area contributed by atoms with E-state index in [4.69, 9.17) is 10.9 Å². The Kier molecular flexibility index (Phi) is 5.44. The highest BCUT2D eigenvalue weighted by molar-refractivity contribution is 5.94. The Morgan fingerprint density at radius 2 is 2.06 bits per heavy atom. The molecule has 104 valence electrons. The third-order valence-corrected chi connectivity index (χ3v) is 3.84. The van der Waals surface area contributed by atoms with Gasteiger partial charge < -0.3 is 16.3 Å². The summed E-state index contributed by atoms with van der Waals surface area (Å²) in [5.41, 5.74) is 5.16. The van der Waals surface area contributed by atoms with Gasteiger partial charge in [-0.2, -0.15) is 0 Å². The fourth-order valence-corrected chi connectivity index (χ4v) is 2.62. The summed E-state index contributed by atoms with van der Waals surface area (Å²) in [7, 11) is 0. The summed E-state index contributed by atoms with van der Waals surface area (Å²) in [4.78, 5) is 12.1. The van der Waals surface area contributed by atoms with Gasteiger partial charge in [0.25, 0.3) is 0 Å². The molecule has 5 heteroatoms. The van der Waals surface area contributed by atoms with Crippen LogP contribution in [0.2, 0.25) is 0 Å². The first-order valence-electron chi connectivity index (χ1n) is 6.85. The Balaban J connectivity index is 2.76. The van der Waals surface area contributed by atoms with Gasteiger partial charge >= 0.3 is 0 Å². The van der Waals surface area contributed by atoms with E-state index in [1.807, 2.05) is 6.92 Å². The molecule has 1 amide bonds. The highest BCUT2D eigenvalue weighted by Gasteiger charge is 2.38.